The third-order valence-electron chi connectivity index (χ3n) is 6.81. The first-order valence-electron chi connectivity index (χ1n) is 13.3. The molecule has 3 N–H and O–H groups in total. The molecule has 0 atom stereocenters. The Labute approximate surface area is 239 Å². The highest BCUT2D eigenvalue weighted by atomic mass is 35.5. The zero-order chi connectivity index (χ0) is 27.9. The van der Waals surface area contributed by atoms with E-state index in [1.165, 1.54) is 5.56 Å². The molecule has 4 aromatic rings. The van der Waals surface area contributed by atoms with E-state index in [4.69, 9.17) is 11.6 Å². The van der Waals surface area contributed by atoms with Crippen molar-refractivity contribution < 1.29 is 9.59 Å². The summed E-state index contributed by atoms with van der Waals surface area (Å²) in [5.41, 5.74) is 6.50. The summed E-state index contributed by atoms with van der Waals surface area (Å²) in [6, 6.07) is 33.2. The molecule has 0 aliphatic carbocycles. The van der Waals surface area contributed by atoms with Gasteiger partial charge in [0.2, 0.25) is 5.91 Å². The molecular weight excluding hydrogens is 520 g/mol. The average molecular weight is 551 g/mol. The van der Waals surface area contributed by atoms with E-state index in [-0.39, 0.29) is 11.8 Å². The van der Waals surface area contributed by atoms with Crippen LogP contribution in [0.3, 0.4) is 0 Å². The number of amides is 2. The van der Waals surface area contributed by atoms with Gasteiger partial charge in [-0.05, 0) is 60.5 Å². The van der Waals surface area contributed by atoms with Crippen molar-refractivity contribution >= 4 is 51.7 Å². The number of halogens is 1. The molecule has 0 aromatic heterocycles. The predicted molar refractivity (Wildman–Crippen MR) is 164 cm³/mol. The van der Waals surface area contributed by atoms with Crippen LogP contribution in [0.5, 0.6) is 0 Å². The minimum atomic E-state index is -0.192. The molecule has 2 amide bonds. The van der Waals surface area contributed by atoms with Crippen LogP contribution in [0.1, 0.15) is 23.6 Å². The lowest BCUT2D eigenvalue weighted by atomic mass is 10.00. The van der Waals surface area contributed by atoms with E-state index in [2.05, 4.69) is 28.1 Å². The van der Waals surface area contributed by atoms with E-state index in [0.717, 1.165) is 35.5 Å². The summed E-state index contributed by atoms with van der Waals surface area (Å²) < 4.78 is 0. The number of nitrogens with zero attached hydrogens (tertiary/aromatic N) is 1. The Morgan fingerprint density at radius 3 is 2.27 bits per heavy atom. The lowest BCUT2D eigenvalue weighted by molar-refractivity contribution is -0.116. The van der Waals surface area contributed by atoms with E-state index < -0.39 is 0 Å². The predicted octanol–water partition coefficient (Wildman–Crippen LogP) is 6.46. The van der Waals surface area contributed by atoms with Crippen LogP contribution in [0.4, 0.5) is 17.1 Å². The highest BCUT2D eigenvalue weighted by molar-refractivity contribution is 6.38. The first-order chi connectivity index (χ1) is 19.5. The van der Waals surface area contributed by atoms with E-state index >= 15 is 0 Å². The number of carbonyl (C=O) groups is 2. The molecule has 0 fully saturated rings. The second-order valence-corrected chi connectivity index (χ2v) is 10.0. The fourth-order valence-electron chi connectivity index (χ4n) is 4.81. The normalized spacial score (nSPS) is 13.4. The van der Waals surface area contributed by atoms with Crippen LogP contribution < -0.4 is 20.9 Å². The number of fused-ring (bicyclic) bond motifs is 1. The average Bonchev–Trinajstić information content (AvgIpc) is 3.29. The van der Waals surface area contributed by atoms with Crippen LogP contribution in [-0.4, -0.2) is 31.4 Å². The van der Waals surface area contributed by atoms with E-state index in [9.17, 15) is 9.59 Å². The first-order valence-corrected chi connectivity index (χ1v) is 13.7. The molecular formula is C33H31ClN4O2. The van der Waals surface area contributed by atoms with Gasteiger partial charge in [0.05, 0.1) is 17.0 Å². The van der Waals surface area contributed by atoms with Crippen LogP contribution in [-0.2, 0) is 16.0 Å². The van der Waals surface area contributed by atoms with Gasteiger partial charge in [-0.25, -0.2) is 0 Å². The van der Waals surface area contributed by atoms with Crippen molar-refractivity contribution in [3.8, 4) is 0 Å². The molecule has 40 heavy (non-hydrogen) atoms. The van der Waals surface area contributed by atoms with Crippen LogP contribution in [0.15, 0.2) is 103 Å². The Bertz CT molecular complexity index is 1520. The first kappa shape index (κ1) is 27.2. The standard InChI is InChI=1S/C33H31ClN4O2/c1-23(39)38(21-20-35-19-18-24-8-4-2-5-9-24)28-15-13-27(14-16-28)36-32(25-10-6-3-7-11-25)31-29-17-12-26(34)22-30(29)37-33(31)40/h2-17,22,35-36H,18-21H2,1H3,(H,37,40). The smallest absolute Gasteiger partial charge is 0.258 e. The summed E-state index contributed by atoms with van der Waals surface area (Å²) in [4.78, 5) is 27.3. The molecule has 1 aliphatic heterocycles. The van der Waals surface area contributed by atoms with Crippen molar-refractivity contribution in [1.82, 2.24) is 5.32 Å². The fraction of sp³-hybridized carbons (Fsp3) is 0.152. The number of hydrogen-bond acceptors (Lipinski definition) is 4. The Hall–Kier alpha value is -4.39. The van der Waals surface area contributed by atoms with Crippen LogP contribution in [0.25, 0.3) is 11.3 Å². The maximum atomic E-state index is 13.1. The molecule has 0 saturated heterocycles. The highest BCUT2D eigenvalue weighted by Gasteiger charge is 2.28. The van der Waals surface area contributed by atoms with Crippen molar-refractivity contribution in [3.63, 3.8) is 0 Å². The van der Waals surface area contributed by atoms with Gasteiger partial charge in [-0.1, -0.05) is 78.3 Å². The quantitative estimate of drug-likeness (QED) is 0.156. The van der Waals surface area contributed by atoms with Crippen LogP contribution in [0, 0.1) is 0 Å². The maximum Gasteiger partial charge on any atom is 0.258 e. The lowest BCUT2D eigenvalue weighted by Gasteiger charge is -2.22. The summed E-state index contributed by atoms with van der Waals surface area (Å²) in [5, 5.41) is 10.4. The van der Waals surface area contributed by atoms with Gasteiger partial charge in [-0.2, -0.15) is 0 Å². The number of carbonyl (C=O) groups excluding carboxylic acids is 2. The zero-order valence-corrected chi connectivity index (χ0v) is 23.0. The lowest BCUT2D eigenvalue weighted by Crippen LogP contribution is -2.36. The number of benzene rings is 4. The third-order valence-corrected chi connectivity index (χ3v) is 7.05. The van der Waals surface area contributed by atoms with Gasteiger partial charge in [0, 0.05) is 42.0 Å². The largest absolute Gasteiger partial charge is 0.354 e. The maximum absolute atomic E-state index is 13.1. The monoisotopic (exact) mass is 550 g/mol. The van der Waals surface area contributed by atoms with Gasteiger partial charge < -0.3 is 20.9 Å². The molecule has 202 valence electrons. The molecule has 1 heterocycles. The molecule has 0 saturated carbocycles. The van der Waals surface area contributed by atoms with Crippen molar-refractivity contribution in [2.45, 2.75) is 13.3 Å². The van der Waals surface area contributed by atoms with E-state index in [1.54, 1.807) is 24.0 Å². The van der Waals surface area contributed by atoms with Crippen molar-refractivity contribution in [2.75, 3.05) is 35.2 Å². The molecule has 0 bridgehead atoms. The molecule has 0 unspecified atom stereocenters. The summed E-state index contributed by atoms with van der Waals surface area (Å²) in [6.45, 7) is 3.68. The fourth-order valence-corrected chi connectivity index (χ4v) is 4.98. The molecule has 4 aromatic carbocycles. The van der Waals surface area contributed by atoms with Gasteiger partial charge >= 0.3 is 0 Å². The van der Waals surface area contributed by atoms with Gasteiger partial charge in [0.25, 0.3) is 5.91 Å². The van der Waals surface area contributed by atoms with Crippen molar-refractivity contribution in [1.29, 1.82) is 0 Å². The van der Waals surface area contributed by atoms with Gasteiger partial charge in [-0.15, -0.1) is 0 Å². The third kappa shape index (κ3) is 6.42. The second-order valence-electron chi connectivity index (χ2n) is 9.59. The topological polar surface area (TPSA) is 73.5 Å². The Kier molecular flexibility index (Phi) is 8.59. The molecule has 5 rings (SSSR count). The van der Waals surface area contributed by atoms with E-state index in [0.29, 0.717) is 35.1 Å². The van der Waals surface area contributed by atoms with Gasteiger partial charge in [0.1, 0.15) is 0 Å². The second kappa shape index (κ2) is 12.6. The number of anilines is 3. The molecule has 1 aliphatic rings. The molecule has 6 nitrogen and oxygen atoms in total. The van der Waals surface area contributed by atoms with Crippen molar-refractivity contribution in [2.24, 2.45) is 0 Å². The minimum Gasteiger partial charge on any atom is -0.354 e. The summed E-state index contributed by atoms with van der Waals surface area (Å²) in [5.74, 6) is -0.210. The summed E-state index contributed by atoms with van der Waals surface area (Å²) in [7, 11) is 0. The molecule has 7 heteroatoms. The van der Waals surface area contributed by atoms with Gasteiger partial charge in [0.15, 0.2) is 0 Å². The zero-order valence-electron chi connectivity index (χ0n) is 22.3. The highest BCUT2D eigenvalue weighted by Crippen LogP contribution is 2.38. The molecule has 0 radical (unpaired) electrons. The Balaban J connectivity index is 1.32. The number of rotatable bonds is 10. The van der Waals surface area contributed by atoms with Crippen LogP contribution in [0.2, 0.25) is 5.02 Å². The van der Waals surface area contributed by atoms with Gasteiger partial charge in [-0.3, -0.25) is 9.59 Å². The van der Waals surface area contributed by atoms with E-state index in [1.807, 2.05) is 78.9 Å². The Morgan fingerprint density at radius 1 is 0.875 bits per heavy atom. The molecule has 0 spiro atoms. The number of hydrogen-bond donors (Lipinski definition) is 3. The number of nitrogens with one attached hydrogen (secondary N) is 3. The minimum absolute atomic E-state index is 0.0180. The Morgan fingerprint density at radius 2 is 1.57 bits per heavy atom. The summed E-state index contributed by atoms with van der Waals surface area (Å²) in [6.07, 6.45) is 0.941. The summed E-state index contributed by atoms with van der Waals surface area (Å²) >= 11 is 6.17. The SMILES string of the molecule is CC(=O)N(CCNCCc1ccccc1)c1ccc(NC(=C2C(=O)Nc3cc(Cl)ccc32)c2ccccc2)cc1. The van der Waals surface area contributed by atoms with Crippen molar-refractivity contribution in [3.05, 3.63) is 125 Å². The van der Waals surface area contributed by atoms with Crippen LogP contribution >= 0.6 is 11.6 Å².